The molecule has 6 N–H and O–H groups in total. The number of ketones is 2. The second-order valence-corrected chi connectivity index (χ2v) is 4.92. The first-order valence-electron chi connectivity index (χ1n) is 5.81. The van der Waals surface area contributed by atoms with E-state index < -0.39 is 34.1 Å². The van der Waals surface area contributed by atoms with Gasteiger partial charge in [0.05, 0.1) is 0 Å². The SMILES string of the molecule is NNC(=O)C(Cl)C(=O)c1cccc(C(=O)C(Cl)C(=O)NN)c1. The normalized spacial score (nSPS) is 12.9. The number of carbonyl (C=O) groups is 4. The minimum absolute atomic E-state index is 0.00790. The summed E-state index contributed by atoms with van der Waals surface area (Å²) in [7, 11) is 0. The lowest BCUT2D eigenvalue weighted by Gasteiger charge is -2.10. The molecule has 0 aromatic heterocycles. The van der Waals surface area contributed by atoms with E-state index in [1.165, 1.54) is 24.3 Å². The number of amides is 2. The van der Waals surface area contributed by atoms with Crippen molar-refractivity contribution in [2.24, 2.45) is 11.7 Å². The number of halogens is 2. The molecule has 2 atom stereocenters. The largest absolute Gasteiger partial charge is 0.293 e. The van der Waals surface area contributed by atoms with Crippen LogP contribution in [0, 0.1) is 0 Å². The minimum Gasteiger partial charge on any atom is -0.293 e. The summed E-state index contributed by atoms with van der Waals surface area (Å²) in [6, 6.07) is 5.26. The zero-order valence-electron chi connectivity index (χ0n) is 11.0. The van der Waals surface area contributed by atoms with E-state index >= 15 is 0 Å². The van der Waals surface area contributed by atoms with Crippen LogP contribution in [0.2, 0.25) is 0 Å². The van der Waals surface area contributed by atoms with E-state index in [0.717, 1.165) is 0 Å². The van der Waals surface area contributed by atoms with Gasteiger partial charge in [0.2, 0.25) is 0 Å². The van der Waals surface area contributed by atoms with Crippen molar-refractivity contribution in [3.05, 3.63) is 35.4 Å². The van der Waals surface area contributed by atoms with Gasteiger partial charge in [-0.05, 0) is 6.07 Å². The Balaban J connectivity index is 3.04. The molecular formula is C12H12Cl2N4O4. The standard InChI is InChI=1S/C12H12Cl2N4O4/c13-7(11(21)17-15)9(19)5-2-1-3-6(4-5)10(20)8(14)12(22)18-16/h1-4,7-8H,15-16H2,(H,17,21)(H,18,22). The van der Waals surface area contributed by atoms with Gasteiger partial charge in [-0.25, -0.2) is 11.7 Å². The summed E-state index contributed by atoms with van der Waals surface area (Å²) in [6.45, 7) is 0. The van der Waals surface area contributed by atoms with E-state index in [2.05, 4.69) is 0 Å². The Morgan fingerprint density at radius 2 is 1.23 bits per heavy atom. The molecule has 118 valence electrons. The van der Waals surface area contributed by atoms with Crippen molar-refractivity contribution in [2.75, 3.05) is 0 Å². The molecule has 1 rings (SSSR count). The fraction of sp³-hybridized carbons (Fsp3) is 0.167. The Morgan fingerprint density at radius 3 is 1.55 bits per heavy atom. The Morgan fingerprint density at radius 1 is 0.864 bits per heavy atom. The van der Waals surface area contributed by atoms with Gasteiger partial charge in [-0.1, -0.05) is 18.2 Å². The highest BCUT2D eigenvalue weighted by molar-refractivity contribution is 6.45. The number of nitrogens with one attached hydrogen (secondary N) is 2. The van der Waals surface area contributed by atoms with Gasteiger partial charge in [0, 0.05) is 11.1 Å². The smallest absolute Gasteiger partial charge is 0.259 e. The Hall–Kier alpha value is -2.00. The van der Waals surface area contributed by atoms with Crippen molar-refractivity contribution in [2.45, 2.75) is 10.8 Å². The van der Waals surface area contributed by atoms with E-state index in [4.69, 9.17) is 34.9 Å². The number of benzene rings is 1. The van der Waals surface area contributed by atoms with Crippen molar-refractivity contribution in [3.63, 3.8) is 0 Å². The van der Waals surface area contributed by atoms with Gasteiger partial charge in [-0.2, -0.15) is 0 Å². The predicted molar refractivity (Wildman–Crippen MR) is 79.0 cm³/mol. The van der Waals surface area contributed by atoms with Crippen molar-refractivity contribution in [3.8, 4) is 0 Å². The van der Waals surface area contributed by atoms with Crippen LogP contribution in [0.3, 0.4) is 0 Å². The molecule has 22 heavy (non-hydrogen) atoms. The van der Waals surface area contributed by atoms with Crippen LogP contribution in [0.5, 0.6) is 0 Å². The quantitative estimate of drug-likeness (QED) is 0.133. The number of alkyl halides is 2. The molecule has 8 nitrogen and oxygen atoms in total. The average molecular weight is 347 g/mol. The van der Waals surface area contributed by atoms with Crippen LogP contribution in [0.1, 0.15) is 20.7 Å². The number of carbonyl (C=O) groups excluding carboxylic acids is 4. The maximum Gasteiger partial charge on any atom is 0.259 e. The number of hydrogen-bond donors (Lipinski definition) is 4. The third-order valence-electron chi connectivity index (χ3n) is 2.64. The van der Waals surface area contributed by atoms with Gasteiger partial charge >= 0.3 is 0 Å². The molecule has 0 saturated heterocycles. The zero-order valence-corrected chi connectivity index (χ0v) is 12.5. The van der Waals surface area contributed by atoms with Crippen molar-refractivity contribution in [1.29, 1.82) is 0 Å². The first kappa shape index (κ1) is 18.1. The van der Waals surface area contributed by atoms with Crippen LogP contribution in [0.4, 0.5) is 0 Å². The maximum atomic E-state index is 12.0. The molecule has 0 spiro atoms. The van der Waals surface area contributed by atoms with Crippen molar-refractivity contribution in [1.82, 2.24) is 10.9 Å². The van der Waals surface area contributed by atoms with Crippen LogP contribution in [0.15, 0.2) is 24.3 Å². The molecule has 2 amide bonds. The van der Waals surface area contributed by atoms with Crippen LogP contribution in [-0.4, -0.2) is 34.1 Å². The number of hydrazine groups is 2. The van der Waals surface area contributed by atoms with Gasteiger partial charge < -0.3 is 0 Å². The molecule has 2 unspecified atom stereocenters. The number of Topliss-reactive ketones (excluding diaryl/α,β-unsaturated/α-hetero) is 2. The summed E-state index contributed by atoms with van der Waals surface area (Å²) >= 11 is 11.3. The topological polar surface area (TPSA) is 144 Å². The second-order valence-electron chi connectivity index (χ2n) is 4.05. The van der Waals surface area contributed by atoms with Gasteiger partial charge in [0.15, 0.2) is 22.3 Å². The molecule has 0 aliphatic rings. The fourth-order valence-corrected chi connectivity index (χ4v) is 1.88. The molecule has 10 heteroatoms. The maximum absolute atomic E-state index is 12.0. The third kappa shape index (κ3) is 4.01. The van der Waals surface area contributed by atoms with Crippen LogP contribution < -0.4 is 22.5 Å². The summed E-state index contributed by atoms with van der Waals surface area (Å²) < 4.78 is 0. The first-order valence-corrected chi connectivity index (χ1v) is 6.68. The van der Waals surface area contributed by atoms with E-state index in [9.17, 15) is 19.2 Å². The predicted octanol–water partition coefficient (Wildman–Crippen LogP) is -0.753. The molecular weight excluding hydrogens is 335 g/mol. The lowest BCUT2D eigenvalue weighted by Crippen LogP contribution is -2.41. The number of hydrogen-bond acceptors (Lipinski definition) is 6. The molecule has 1 aromatic rings. The Kier molecular flexibility index (Phi) is 6.44. The molecule has 1 aromatic carbocycles. The molecule has 0 aliphatic carbocycles. The highest BCUT2D eigenvalue weighted by Crippen LogP contribution is 2.14. The van der Waals surface area contributed by atoms with Gasteiger partial charge in [-0.3, -0.25) is 30.0 Å². The summed E-state index contributed by atoms with van der Waals surface area (Å²) in [5, 5.41) is -3.09. The summed E-state index contributed by atoms with van der Waals surface area (Å²) in [4.78, 5) is 46.5. The fourth-order valence-electron chi connectivity index (χ4n) is 1.50. The third-order valence-corrected chi connectivity index (χ3v) is 3.43. The highest BCUT2D eigenvalue weighted by Gasteiger charge is 2.27. The monoisotopic (exact) mass is 346 g/mol. The van der Waals surface area contributed by atoms with Gasteiger partial charge in [0.1, 0.15) is 0 Å². The first-order chi connectivity index (χ1) is 10.3. The van der Waals surface area contributed by atoms with Crippen molar-refractivity contribution < 1.29 is 19.2 Å². The highest BCUT2D eigenvalue weighted by atomic mass is 35.5. The molecule has 0 heterocycles. The van der Waals surface area contributed by atoms with Crippen LogP contribution in [0.25, 0.3) is 0 Å². The van der Waals surface area contributed by atoms with Gasteiger partial charge in [0.25, 0.3) is 11.8 Å². The van der Waals surface area contributed by atoms with Gasteiger partial charge in [-0.15, -0.1) is 23.2 Å². The second kappa shape index (κ2) is 7.85. The van der Waals surface area contributed by atoms with E-state index in [0.29, 0.717) is 0 Å². The number of nitrogens with two attached hydrogens (primary N) is 2. The molecule has 0 aliphatic heterocycles. The minimum atomic E-state index is -1.55. The zero-order chi connectivity index (χ0) is 16.9. The van der Waals surface area contributed by atoms with E-state index in [1.54, 1.807) is 10.9 Å². The number of rotatable bonds is 6. The van der Waals surface area contributed by atoms with Crippen molar-refractivity contribution >= 4 is 46.6 Å². The van der Waals surface area contributed by atoms with E-state index in [1.807, 2.05) is 0 Å². The average Bonchev–Trinajstić information content (AvgIpc) is 2.57. The summed E-state index contributed by atoms with van der Waals surface area (Å²) in [5.74, 6) is 6.50. The lowest BCUT2D eigenvalue weighted by atomic mass is 10.0. The Bertz CT molecular complexity index is 574. The molecule has 0 bridgehead atoms. The molecule has 0 radical (unpaired) electrons. The van der Waals surface area contributed by atoms with Crippen LogP contribution in [-0.2, 0) is 9.59 Å². The summed E-state index contributed by atoms with van der Waals surface area (Å²) in [6.07, 6.45) is 0. The summed E-state index contributed by atoms with van der Waals surface area (Å²) in [5.41, 5.74) is 3.48. The Labute approximate surface area is 135 Å². The van der Waals surface area contributed by atoms with E-state index in [-0.39, 0.29) is 11.1 Å². The lowest BCUT2D eigenvalue weighted by molar-refractivity contribution is -0.120. The molecule has 0 saturated carbocycles. The van der Waals surface area contributed by atoms with Crippen LogP contribution >= 0.6 is 23.2 Å². The molecule has 0 fully saturated rings.